The van der Waals surface area contributed by atoms with Crippen LogP contribution in [0.2, 0.25) is 0 Å². The molecule has 0 bridgehead atoms. The van der Waals surface area contributed by atoms with Gasteiger partial charge in [-0.3, -0.25) is 0 Å². The third-order valence-electron chi connectivity index (χ3n) is 0.786. The molecule has 0 radical (unpaired) electrons. The summed E-state index contributed by atoms with van der Waals surface area (Å²) < 4.78 is 4.71. The summed E-state index contributed by atoms with van der Waals surface area (Å²) in [7, 11) is 0. The van der Waals surface area contributed by atoms with Crippen molar-refractivity contribution < 1.29 is 31.2 Å². The van der Waals surface area contributed by atoms with Crippen LogP contribution in [0.3, 0.4) is 0 Å². The van der Waals surface area contributed by atoms with Crippen molar-refractivity contribution >= 4 is 5.97 Å². The third-order valence-corrected chi connectivity index (χ3v) is 0.786. The largest absolute Gasteiger partial charge is 0.462 e. The van der Waals surface area contributed by atoms with Gasteiger partial charge in [0.05, 0.1) is 6.61 Å². The molecule has 0 amide bonds. The fraction of sp³-hybridized carbons (Fsp3) is 0.571. The molecule has 0 aliphatic rings. The molecule has 0 aromatic heterocycles. The molecule has 0 heterocycles. The Balaban J connectivity index is 0. The Morgan fingerprint density at radius 2 is 2.10 bits per heavy atom. The molecule has 0 N–H and O–H groups in total. The van der Waals surface area contributed by atoms with Crippen molar-refractivity contribution in [2.75, 3.05) is 6.61 Å². The normalized spacial score (nSPS) is 7.80. The van der Waals surface area contributed by atoms with E-state index in [0.717, 1.165) is 6.42 Å². The molecule has 0 spiro atoms. The summed E-state index contributed by atoms with van der Waals surface area (Å²) in [4.78, 5) is 10.6. The van der Waals surface area contributed by atoms with Gasteiger partial charge in [0, 0.05) is 27.3 Å². The van der Waals surface area contributed by atoms with Gasteiger partial charge in [-0.05, 0) is 13.3 Å². The van der Waals surface area contributed by atoms with Crippen molar-refractivity contribution in [3.8, 4) is 0 Å². The summed E-state index contributed by atoms with van der Waals surface area (Å²) in [5.74, 6) is -0.295. The van der Waals surface area contributed by atoms with E-state index in [-0.39, 0.29) is 27.7 Å². The van der Waals surface area contributed by atoms with E-state index in [1.165, 1.54) is 0 Å². The van der Waals surface area contributed by atoms with Crippen LogP contribution in [0.25, 0.3) is 0 Å². The van der Waals surface area contributed by atoms with Gasteiger partial charge in [0.2, 0.25) is 0 Å². The summed E-state index contributed by atoms with van der Waals surface area (Å²) in [6.45, 7) is 7.51. The number of hydrogen-bond donors (Lipinski definition) is 0. The standard InChI is InChI=1S/C7H12O2.Ti/c1-4-5-9-7(8)6(2)3;/h2,4-5H2,1,3H3;. The average Bonchev–Trinajstić information content (AvgIpc) is 1.82. The van der Waals surface area contributed by atoms with Crippen molar-refractivity contribution in [1.82, 2.24) is 0 Å². The Hall–Kier alpha value is -0.0757. The van der Waals surface area contributed by atoms with Crippen LogP contribution < -0.4 is 0 Å². The molecule has 0 saturated heterocycles. The molecule has 0 atom stereocenters. The van der Waals surface area contributed by atoms with Crippen molar-refractivity contribution in [3.05, 3.63) is 12.2 Å². The number of carbonyl (C=O) groups is 1. The molecule has 0 saturated carbocycles. The summed E-state index contributed by atoms with van der Waals surface area (Å²) in [5, 5.41) is 0. The number of ether oxygens (including phenoxy) is 1. The zero-order valence-electron chi connectivity index (χ0n) is 6.44. The van der Waals surface area contributed by atoms with Gasteiger partial charge in [0.1, 0.15) is 0 Å². The summed E-state index contributed by atoms with van der Waals surface area (Å²) in [6, 6.07) is 0. The average molecular weight is 176 g/mol. The summed E-state index contributed by atoms with van der Waals surface area (Å²) >= 11 is 0. The molecule has 3 heteroatoms. The third kappa shape index (κ3) is 6.05. The molecule has 0 aromatic rings. The van der Waals surface area contributed by atoms with Crippen LogP contribution in [0, 0.1) is 0 Å². The molecule has 0 aliphatic heterocycles. The first-order valence-electron chi connectivity index (χ1n) is 3.01. The van der Waals surface area contributed by atoms with Crippen LogP contribution in [-0.2, 0) is 31.2 Å². The van der Waals surface area contributed by atoms with Gasteiger partial charge in [-0.25, -0.2) is 4.79 Å². The van der Waals surface area contributed by atoms with Crippen LogP contribution in [0.1, 0.15) is 20.3 Å². The first kappa shape index (κ1) is 12.6. The number of esters is 1. The molecule has 0 unspecified atom stereocenters. The zero-order chi connectivity index (χ0) is 7.28. The maximum absolute atomic E-state index is 10.6. The van der Waals surface area contributed by atoms with Crippen LogP contribution in [0.15, 0.2) is 12.2 Å². The topological polar surface area (TPSA) is 26.3 Å². The Kier molecular flexibility index (Phi) is 8.86. The molecule has 2 nitrogen and oxygen atoms in total. The van der Waals surface area contributed by atoms with Gasteiger partial charge in [0.25, 0.3) is 0 Å². The molecular formula is C7H12O2Ti. The molecule has 0 aliphatic carbocycles. The molecule has 0 aromatic carbocycles. The molecule has 56 valence electrons. The van der Waals surface area contributed by atoms with Crippen molar-refractivity contribution in [1.29, 1.82) is 0 Å². The first-order valence-corrected chi connectivity index (χ1v) is 3.01. The Bertz CT molecular complexity index is 121. The second-order valence-electron chi connectivity index (χ2n) is 1.92. The van der Waals surface area contributed by atoms with E-state index in [1.54, 1.807) is 6.92 Å². The van der Waals surface area contributed by atoms with Crippen LogP contribution in [-0.4, -0.2) is 12.6 Å². The number of hydrogen-bond acceptors (Lipinski definition) is 2. The van der Waals surface area contributed by atoms with Gasteiger partial charge >= 0.3 is 5.97 Å². The molecule has 0 fully saturated rings. The first-order chi connectivity index (χ1) is 4.18. The maximum Gasteiger partial charge on any atom is 0.333 e. The van der Waals surface area contributed by atoms with Gasteiger partial charge < -0.3 is 4.74 Å². The smallest absolute Gasteiger partial charge is 0.333 e. The maximum atomic E-state index is 10.6. The van der Waals surface area contributed by atoms with Gasteiger partial charge in [-0.1, -0.05) is 13.5 Å². The fourth-order valence-corrected chi connectivity index (χ4v) is 0.318. The quantitative estimate of drug-likeness (QED) is 0.370. The predicted octanol–water partition coefficient (Wildman–Crippen LogP) is 1.51. The van der Waals surface area contributed by atoms with Crippen molar-refractivity contribution in [2.45, 2.75) is 20.3 Å². The van der Waals surface area contributed by atoms with Crippen molar-refractivity contribution in [2.24, 2.45) is 0 Å². The molecule has 10 heavy (non-hydrogen) atoms. The van der Waals surface area contributed by atoms with E-state index in [2.05, 4.69) is 6.58 Å². The summed E-state index contributed by atoms with van der Waals surface area (Å²) in [5.41, 5.74) is 0.462. The van der Waals surface area contributed by atoms with Crippen LogP contribution >= 0.6 is 0 Å². The van der Waals surface area contributed by atoms with E-state index in [0.29, 0.717) is 12.2 Å². The van der Waals surface area contributed by atoms with Gasteiger partial charge in [0.15, 0.2) is 0 Å². The zero-order valence-corrected chi connectivity index (χ0v) is 8.00. The van der Waals surface area contributed by atoms with E-state index < -0.39 is 0 Å². The SMILES string of the molecule is C=C(C)C(=O)OCCC.[Ti]. The number of carbonyl (C=O) groups excluding carboxylic acids is 1. The molecular weight excluding hydrogens is 164 g/mol. The summed E-state index contributed by atoms with van der Waals surface area (Å²) in [6.07, 6.45) is 0.860. The van der Waals surface area contributed by atoms with Gasteiger partial charge in [-0.15, -0.1) is 0 Å². The van der Waals surface area contributed by atoms with E-state index in [1.807, 2.05) is 6.92 Å². The minimum absolute atomic E-state index is 0. The minimum Gasteiger partial charge on any atom is -0.462 e. The Morgan fingerprint density at radius 3 is 2.40 bits per heavy atom. The van der Waals surface area contributed by atoms with Gasteiger partial charge in [-0.2, -0.15) is 0 Å². The second kappa shape index (κ2) is 7.04. The van der Waals surface area contributed by atoms with Crippen LogP contribution in [0.5, 0.6) is 0 Å². The fourth-order valence-electron chi connectivity index (χ4n) is 0.318. The Labute approximate surface area is 76.5 Å². The minimum atomic E-state index is -0.295. The van der Waals surface area contributed by atoms with E-state index in [4.69, 9.17) is 4.74 Å². The van der Waals surface area contributed by atoms with E-state index >= 15 is 0 Å². The second-order valence-corrected chi connectivity index (χ2v) is 1.92. The van der Waals surface area contributed by atoms with Crippen molar-refractivity contribution in [3.63, 3.8) is 0 Å². The monoisotopic (exact) mass is 176 g/mol. The number of rotatable bonds is 3. The predicted molar refractivity (Wildman–Crippen MR) is 36.1 cm³/mol. The Morgan fingerprint density at radius 1 is 1.60 bits per heavy atom. The van der Waals surface area contributed by atoms with Crippen LogP contribution in [0.4, 0.5) is 0 Å². The van der Waals surface area contributed by atoms with E-state index in [9.17, 15) is 4.79 Å². The molecule has 0 rings (SSSR count).